The molecule has 1 saturated heterocycles. The van der Waals surface area contributed by atoms with E-state index in [0.29, 0.717) is 31.3 Å². The Morgan fingerprint density at radius 3 is 2.48 bits per heavy atom. The molecule has 0 spiro atoms. The summed E-state index contributed by atoms with van der Waals surface area (Å²) in [5, 5.41) is 0.557. The predicted molar refractivity (Wildman–Crippen MR) is 86.2 cm³/mol. The minimum Gasteiger partial charge on any atom is -0.379 e. The molecule has 1 heterocycles. The largest absolute Gasteiger partial charge is 0.379 e. The summed E-state index contributed by atoms with van der Waals surface area (Å²) in [6, 6.07) is 4.26. The first-order valence-electron chi connectivity index (χ1n) is 6.24. The fraction of sp³-hybridized carbons (Fsp3) is 0.500. The molecule has 2 rings (SSSR count). The van der Waals surface area contributed by atoms with Crippen LogP contribution in [-0.4, -0.2) is 52.7 Å². The minimum absolute atomic E-state index is 0. The molecule has 0 unspecified atom stereocenters. The third-order valence-corrected chi connectivity index (χ3v) is 5.22. The van der Waals surface area contributed by atoms with Crippen LogP contribution in [0.25, 0.3) is 0 Å². The number of morpholine rings is 1. The summed E-state index contributed by atoms with van der Waals surface area (Å²) < 4.78 is 32.0. The van der Waals surface area contributed by atoms with Crippen LogP contribution in [0.4, 0.5) is 0 Å². The zero-order chi connectivity index (χ0) is 14.6. The normalized spacial score (nSPS) is 16.5. The van der Waals surface area contributed by atoms with Gasteiger partial charge >= 0.3 is 0 Å². The quantitative estimate of drug-likeness (QED) is 0.855. The Morgan fingerprint density at radius 1 is 1.19 bits per heavy atom. The summed E-state index contributed by atoms with van der Waals surface area (Å²) in [7, 11) is -3.55. The second kappa shape index (κ2) is 8.53. The molecule has 5 nitrogen and oxygen atoms in total. The van der Waals surface area contributed by atoms with Crippen molar-refractivity contribution in [1.29, 1.82) is 0 Å². The van der Waals surface area contributed by atoms with Gasteiger partial charge in [0.2, 0.25) is 10.0 Å². The van der Waals surface area contributed by atoms with Crippen molar-refractivity contribution in [2.75, 3.05) is 39.4 Å². The Morgan fingerprint density at radius 2 is 1.86 bits per heavy atom. The van der Waals surface area contributed by atoms with Gasteiger partial charge < -0.3 is 4.74 Å². The van der Waals surface area contributed by atoms with Gasteiger partial charge in [-0.2, -0.15) is 0 Å². The first kappa shape index (κ1) is 19.0. The predicted octanol–water partition coefficient (Wildman–Crippen LogP) is 2.03. The number of halogens is 3. The van der Waals surface area contributed by atoms with E-state index in [9.17, 15) is 8.42 Å². The molecule has 1 aliphatic rings. The van der Waals surface area contributed by atoms with Crippen LogP contribution in [-0.2, 0) is 14.8 Å². The molecule has 9 heteroatoms. The standard InChI is InChI=1S/C12H16Cl2N2O3S.ClH/c13-11-2-1-10(9-12(11)14)20(17,18)15-3-4-16-5-7-19-8-6-16;/h1-2,9,15H,3-8H2;1H. The second-order valence-electron chi connectivity index (χ2n) is 4.43. The fourth-order valence-electron chi connectivity index (χ4n) is 1.89. The van der Waals surface area contributed by atoms with Crippen LogP contribution in [0.5, 0.6) is 0 Å². The molecule has 0 bridgehead atoms. The summed E-state index contributed by atoms with van der Waals surface area (Å²) >= 11 is 11.6. The van der Waals surface area contributed by atoms with E-state index in [2.05, 4.69) is 9.62 Å². The smallest absolute Gasteiger partial charge is 0.240 e. The van der Waals surface area contributed by atoms with Gasteiger partial charge in [-0.15, -0.1) is 12.4 Å². The second-order valence-corrected chi connectivity index (χ2v) is 7.01. The van der Waals surface area contributed by atoms with E-state index < -0.39 is 10.0 Å². The van der Waals surface area contributed by atoms with Crippen molar-refractivity contribution < 1.29 is 13.2 Å². The number of sulfonamides is 1. The minimum atomic E-state index is -3.55. The molecule has 1 aromatic rings. The van der Waals surface area contributed by atoms with Crippen LogP contribution in [0, 0.1) is 0 Å². The summed E-state index contributed by atoms with van der Waals surface area (Å²) in [5.74, 6) is 0. The molecule has 1 fully saturated rings. The van der Waals surface area contributed by atoms with Crippen molar-refractivity contribution >= 4 is 45.6 Å². The number of benzene rings is 1. The lowest BCUT2D eigenvalue weighted by molar-refractivity contribution is 0.0390. The van der Waals surface area contributed by atoms with E-state index in [1.54, 1.807) is 0 Å². The number of ether oxygens (including phenoxy) is 1. The SMILES string of the molecule is Cl.O=S(=O)(NCCN1CCOCC1)c1ccc(Cl)c(Cl)c1. The molecule has 1 aliphatic heterocycles. The van der Waals surface area contributed by atoms with Gasteiger partial charge in [-0.1, -0.05) is 23.2 Å². The van der Waals surface area contributed by atoms with Crippen molar-refractivity contribution in [2.45, 2.75) is 4.90 Å². The maximum absolute atomic E-state index is 12.1. The number of nitrogens with one attached hydrogen (secondary N) is 1. The highest BCUT2D eigenvalue weighted by atomic mass is 35.5. The molecule has 0 amide bonds. The zero-order valence-corrected chi connectivity index (χ0v) is 14.4. The summed E-state index contributed by atoms with van der Waals surface area (Å²) in [6.07, 6.45) is 0. The van der Waals surface area contributed by atoms with Crippen LogP contribution >= 0.6 is 35.6 Å². The highest BCUT2D eigenvalue weighted by Gasteiger charge is 2.16. The molecule has 1 N–H and O–H groups in total. The van der Waals surface area contributed by atoms with Gasteiger partial charge in [-0.05, 0) is 18.2 Å². The lowest BCUT2D eigenvalue weighted by Gasteiger charge is -2.26. The molecule has 0 saturated carbocycles. The van der Waals surface area contributed by atoms with Crippen molar-refractivity contribution in [3.8, 4) is 0 Å². The maximum Gasteiger partial charge on any atom is 0.240 e. The molecular weight excluding hydrogens is 359 g/mol. The van der Waals surface area contributed by atoms with E-state index >= 15 is 0 Å². The van der Waals surface area contributed by atoms with Crippen molar-refractivity contribution in [1.82, 2.24) is 9.62 Å². The van der Waals surface area contributed by atoms with Crippen molar-refractivity contribution in [3.63, 3.8) is 0 Å². The van der Waals surface area contributed by atoms with Gasteiger partial charge in [-0.3, -0.25) is 4.90 Å². The zero-order valence-electron chi connectivity index (χ0n) is 11.2. The Balaban J connectivity index is 0.00000220. The summed E-state index contributed by atoms with van der Waals surface area (Å²) in [6.45, 7) is 4.05. The Hall–Kier alpha value is -0.0800. The molecule has 1 aromatic carbocycles. The van der Waals surface area contributed by atoms with Gasteiger partial charge in [0.25, 0.3) is 0 Å². The summed E-state index contributed by atoms with van der Waals surface area (Å²) in [4.78, 5) is 2.27. The van der Waals surface area contributed by atoms with Gasteiger partial charge in [0.05, 0.1) is 28.2 Å². The van der Waals surface area contributed by atoms with E-state index in [0.717, 1.165) is 13.1 Å². The lowest BCUT2D eigenvalue weighted by atomic mass is 10.4. The maximum atomic E-state index is 12.1. The topological polar surface area (TPSA) is 58.6 Å². The van der Waals surface area contributed by atoms with Crippen molar-refractivity contribution in [2.24, 2.45) is 0 Å². The molecule has 120 valence electrons. The highest BCUT2D eigenvalue weighted by molar-refractivity contribution is 7.89. The van der Waals surface area contributed by atoms with Crippen molar-refractivity contribution in [3.05, 3.63) is 28.2 Å². The van der Waals surface area contributed by atoms with Crippen LogP contribution in [0.15, 0.2) is 23.1 Å². The van der Waals surface area contributed by atoms with Crippen LogP contribution in [0.1, 0.15) is 0 Å². The third-order valence-electron chi connectivity index (χ3n) is 3.03. The molecule has 0 aromatic heterocycles. The van der Waals surface area contributed by atoms with Gasteiger partial charge in [0.15, 0.2) is 0 Å². The van der Waals surface area contributed by atoms with Gasteiger partial charge in [0.1, 0.15) is 0 Å². The Kier molecular flexibility index (Phi) is 7.70. The highest BCUT2D eigenvalue weighted by Crippen LogP contribution is 2.24. The number of nitrogens with zero attached hydrogens (tertiary/aromatic N) is 1. The van der Waals surface area contributed by atoms with E-state index in [4.69, 9.17) is 27.9 Å². The first-order chi connectivity index (χ1) is 9.49. The number of hydrogen-bond donors (Lipinski definition) is 1. The average Bonchev–Trinajstić information content (AvgIpc) is 2.43. The van der Waals surface area contributed by atoms with Crippen LogP contribution in [0.3, 0.4) is 0 Å². The van der Waals surface area contributed by atoms with E-state index in [1.807, 2.05) is 0 Å². The van der Waals surface area contributed by atoms with Crippen LogP contribution in [0.2, 0.25) is 10.0 Å². The lowest BCUT2D eigenvalue weighted by Crippen LogP contribution is -2.41. The Bertz CT molecular complexity index is 563. The monoisotopic (exact) mass is 374 g/mol. The van der Waals surface area contributed by atoms with Gasteiger partial charge in [-0.25, -0.2) is 13.1 Å². The fourth-order valence-corrected chi connectivity index (χ4v) is 3.30. The number of rotatable bonds is 5. The molecule has 0 radical (unpaired) electrons. The molecular formula is C12H17Cl3N2O3S. The Labute approximate surface area is 141 Å². The molecule has 0 atom stereocenters. The van der Waals surface area contributed by atoms with Gasteiger partial charge in [0, 0.05) is 26.2 Å². The third kappa shape index (κ3) is 5.56. The first-order valence-corrected chi connectivity index (χ1v) is 8.48. The molecule has 21 heavy (non-hydrogen) atoms. The molecule has 0 aliphatic carbocycles. The van der Waals surface area contributed by atoms with E-state index in [1.165, 1.54) is 18.2 Å². The van der Waals surface area contributed by atoms with Crippen LogP contribution < -0.4 is 4.72 Å². The van der Waals surface area contributed by atoms with E-state index in [-0.39, 0.29) is 22.3 Å². The summed E-state index contributed by atoms with van der Waals surface area (Å²) in [5.41, 5.74) is 0. The number of hydrogen-bond acceptors (Lipinski definition) is 4. The average molecular weight is 376 g/mol.